The van der Waals surface area contributed by atoms with E-state index in [1.54, 1.807) is 12.1 Å². The molecule has 1 N–H and O–H groups in total. The summed E-state index contributed by atoms with van der Waals surface area (Å²) in [6.45, 7) is 1.96. The summed E-state index contributed by atoms with van der Waals surface area (Å²) < 4.78 is 36.8. The lowest BCUT2D eigenvalue weighted by Crippen LogP contribution is -2.41. The molecule has 2 atom stereocenters. The minimum Gasteiger partial charge on any atom is -0.306 e. The van der Waals surface area contributed by atoms with Gasteiger partial charge in [0.15, 0.2) is 9.84 Å². The van der Waals surface area contributed by atoms with E-state index in [1.165, 1.54) is 6.07 Å². The summed E-state index contributed by atoms with van der Waals surface area (Å²) >= 11 is 3.16. The van der Waals surface area contributed by atoms with Crippen LogP contribution in [0.25, 0.3) is 0 Å². The van der Waals surface area contributed by atoms with Gasteiger partial charge in [0.2, 0.25) is 0 Å². The lowest BCUT2D eigenvalue weighted by molar-refractivity contribution is 0.437. The molecular formula is C13H17BrFNO2S. The first-order valence-electron chi connectivity index (χ1n) is 6.29. The van der Waals surface area contributed by atoms with Crippen molar-refractivity contribution in [1.82, 2.24) is 5.32 Å². The Morgan fingerprint density at radius 3 is 2.84 bits per heavy atom. The summed E-state index contributed by atoms with van der Waals surface area (Å²) in [5.74, 6) is 0.192. The maximum absolute atomic E-state index is 13.2. The maximum atomic E-state index is 13.2. The van der Waals surface area contributed by atoms with Gasteiger partial charge in [0, 0.05) is 12.1 Å². The summed E-state index contributed by atoms with van der Waals surface area (Å²) in [7, 11) is -2.91. The number of benzene rings is 1. The smallest absolute Gasteiger partial charge is 0.151 e. The van der Waals surface area contributed by atoms with Gasteiger partial charge in [-0.05, 0) is 53.4 Å². The van der Waals surface area contributed by atoms with Crippen molar-refractivity contribution in [2.45, 2.75) is 31.8 Å². The molecule has 106 valence electrons. The van der Waals surface area contributed by atoms with Crippen LogP contribution in [0.2, 0.25) is 0 Å². The second-order valence-electron chi connectivity index (χ2n) is 5.02. The Kier molecular flexibility index (Phi) is 4.63. The standard InChI is InChI=1S/C13H17BrFNO2S/c1-9(10-4-5-13(15)12(14)7-10)16-11-3-2-6-19(17,18)8-11/h4-5,7,9,11,16H,2-3,6,8H2,1H3. The fourth-order valence-electron chi connectivity index (χ4n) is 2.39. The molecule has 0 radical (unpaired) electrons. The molecule has 1 fully saturated rings. The molecule has 1 aliphatic heterocycles. The van der Waals surface area contributed by atoms with Gasteiger partial charge in [-0.2, -0.15) is 0 Å². The summed E-state index contributed by atoms with van der Waals surface area (Å²) in [6, 6.07) is 4.84. The van der Waals surface area contributed by atoms with Crippen LogP contribution in [0.4, 0.5) is 4.39 Å². The van der Waals surface area contributed by atoms with E-state index in [-0.39, 0.29) is 23.7 Å². The molecule has 0 aromatic heterocycles. The molecule has 0 spiro atoms. The monoisotopic (exact) mass is 349 g/mol. The van der Waals surface area contributed by atoms with Gasteiger partial charge in [-0.3, -0.25) is 0 Å². The lowest BCUT2D eigenvalue weighted by atomic mass is 10.1. The van der Waals surface area contributed by atoms with Crippen molar-refractivity contribution < 1.29 is 12.8 Å². The van der Waals surface area contributed by atoms with Crippen molar-refractivity contribution in [3.63, 3.8) is 0 Å². The van der Waals surface area contributed by atoms with Crippen LogP contribution in [-0.2, 0) is 9.84 Å². The van der Waals surface area contributed by atoms with Gasteiger partial charge in [-0.15, -0.1) is 0 Å². The van der Waals surface area contributed by atoms with E-state index in [4.69, 9.17) is 0 Å². The number of nitrogens with one attached hydrogen (secondary N) is 1. The van der Waals surface area contributed by atoms with Gasteiger partial charge in [-0.1, -0.05) is 6.07 Å². The zero-order valence-electron chi connectivity index (χ0n) is 10.7. The first-order chi connectivity index (χ1) is 8.87. The molecule has 2 rings (SSSR count). The third-order valence-electron chi connectivity index (χ3n) is 3.39. The summed E-state index contributed by atoms with van der Waals surface area (Å²) in [6.07, 6.45) is 1.58. The Bertz CT molecular complexity index is 562. The highest BCUT2D eigenvalue weighted by Gasteiger charge is 2.25. The van der Waals surface area contributed by atoms with Crippen LogP contribution in [0.3, 0.4) is 0 Å². The van der Waals surface area contributed by atoms with Gasteiger partial charge in [-0.25, -0.2) is 12.8 Å². The first-order valence-corrected chi connectivity index (χ1v) is 8.90. The van der Waals surface area contributed by atoms with E-state index < -0.39 is 9.84 Å². The SMILES string of the molecule is CC(NC1CCCS(=O)(=O)C1)c1ccc(F)c(Br)c1. The predicted molar refractivity (Wildman–Crippen MR) is 77.3 cm³/mol. The van der Waals surface area contributed by atoms with Crippen LogP contribution in [0.1, 0.15) is 31.4 Å². The average molecular weight is 350 g/mol. The number of hydrogen-bond donors (Lipinski definition) is 1. The van der Waals surface area contributed by atoms with Crippen molar-refractivity contribution in [2.24, 2.45) is 0 Å². The number of hydrogen-bond acceptors (Lipinski definition) is 3. The quantitative estimate of drug-likeness (QED) is 0.912. The molecule has 1 heterocycles. The molecule has 0 aliphatic carbocycles. The van der Waals surface area contributed by atoms with Crippen LogP contribution in [0, 0.1) is 5.82 Å². The minimum atomic E-state index is -2.91. The molecule has 0 saturated carbocycles. The van der Waals surface area contributed by atoms with E-state index >= 15 is 0 Å². The molecule has 2 unspecified atom stereocenters. The fraction of sp³-hybridized carbons (Fsp3) is 0.538. The van der Waals surface area contributed by atoms with Crippen molar-refractivity contribution >= 4 is 25.8 Å². The van der Waals surface area contributed by atoms with Gasteiger partial charge in [0.25, 0.3) is 0 Å². The topological polar surface area (TPSA) is 46.2 Å². The fourth-order valence-corrected chi connectivity index (χ4v) is 4.43. The predicted octanol–water partition coefficient (Wildman–Crippen LogP) is 2.82. The number of rotatable bonds is 3. The second-order valence-corrected chi connectivity index (χ2v) is 8.10. The summed E-state index contributed by atoms with van der Waals surface area (Å²) in [5, 5.41) is 3.31. The van der Waals surface area contributed by atoms with Crippen LogP contribution in [0.5, 0.6) is 0 Å². The van der Waals surface area contributed by atoms with Crippen LogP contribution >= 0.6 is 15.9 Å². The molecule has 0 bridgehead atoms. The molecule has 0 amide bonds. The van der Waals surface area contributed by atoms with Crippen LogP contribution < -0.4 is 5.32 Å². The van der Waals surface area contributed by atoms with E-state index in [2.05, 4.69) is 21.2 Å². The molecule has 6 heteroatoms. The number of sulfone groups is 1. The zero-order valence-corrected chi connectivity index (χ0v) is 13.1. The van der Waals surface area contributed by atoms with Gasteiger partial charge >= 0.3 is 0 Å². The van der Waals surface area contributed by atoms with E-state index in [0.717, 1.165) is 12.0 Å². The third-order valence-corrected chi connectivity index (χ3v) is 5.82. The van der Waals surface area contributed by atoms with Crippen molar-refractivity contribution in [3.05, 3.63) is 34.1 Å². The normalized spacial score (nSPS) is 24.1. The van der Waals surface area contributed by atoms with E-state index in [0.29, 0.717) is 16.6 Å². The molecule has 1 aliphatic rings. The third kappa shape index (κ3) is 4.00. The highest BCUT2D eigenvalue weighted by atomic mass is 79.9. The second kappa shape index (κ2) is 5.89. The van der Waals surface area contributed by atoms with Crippen molar-refractivity contribution in [2.75, 3.05) is 11.5 Å². The number of halogens is 2. The molecule has 19 heavy (non-hydrogen) atoms. The highest BCUT2D eigenvalue weighted by Crippen LogP contribution is 2.23. The van der Waals surface area contributed by atoms with Gasteiger partial charge < -0.3 is 5.32 Å². The maximum Gasteiger partial charge on any atom is 0.151 e. The van der Waals surface area contributed by atoms with E-state index in [9.17, 15) is 12.8 Å². The molecular weight excluding hydrogens is 333 g/mol. The minimum absolute atomic E-state index is 0.00444. The Morgan fingerprint density at radius 1 is 1.47 bits per heavy atom. The Labute approximate surface area is 121 Å². The van der Waals surface area contributed by atoms with Crippen molar-refractivity contribution in [3.8, 4) is 0 Å². The molecule has 1 saturated heterocycles. The summed E-state index contributed by atoms with van der Waals surface area (Å²) in [5.41, 5.74) is 0.941. The molecule has 3 nitrogen and oxygen atoms in total. The highest BCUT2D eigenvalue weighted by molar-refractivity contribution is 9.10. The van der Waals surface area contributed by atoms with Crippen LogP contribution in [-0.4, -0.2) is 26.0 Å². The Balaban J connectivity index is 2.04. The lowest BCUT2D eigenvalue weighted by Gasteiger charge is -2.27. The van der Waals surface area contributed by atoms with Gasteiger partial charge in [0.05, 0.1) is 16.0 Å². The first kappa shape index (κ1) is 14.9. The average Bonchev–Trinajstić information content (AvgIpc) is 2.31. The Hall–Kier alpha value is -0.460. The molecule has 1 aromatic carbocycles. The molecule has 1 aromatic rings. The summed E-state index contributed by atoms with van der Waals surface area (Å²) in [4.78, 5) is 0. The van der Waals surface area contributed by atoms with Crippen molar-refractivity contribution in [1.29, 1.82) is 0 Å². The van der Waals surface area contributed by atoms with Gasteiger partial charge in [0.1, 0.15) is 5.82 Å². The Morgan fingerprint density at radius 2 is 2.21 bits per heavy atom. The zero-order chi connectivity index (χ0) is 14.0. The van der Waals surface area contributed by atoms with Crippen LogP contribution in [0.15, 0.2) is 22.7 Å². The van der Waals surface area contributed by atoms with E-state index in [1.807, 2.05) is 6.92 Å². The largest absolute Gasteiger partial charge is 0.306 e.